The summed E-state index contributed by atoms with van der Waals surface area (Å²) in [5.74, 6) is -0.129. The number of carbonyl (C=O) groups excluding carboxylic acids is 2. The Labute approximate surface area is 188 Å². The van der Waals surface area contributed by atoms with Crippen molar-refractivity contribution in [3.8, 4) is 11.5 Å². The number of alkyl halides is 3. The Morgan fingerprint density at radius 2 is 1.61 bits per heavy atom. The van der Waals surface area contributed by atoms with Crippen LogP contribution in [-0.4, -0.2) is 25.0 Å². The van der Waals surface area contributed by atoms with Crippen LogP contribution in [0.3, 0.4) is 0 Å². The van der Waals surface area contributed by atoms with E-state index < -0.39 is 29.7 Å². The zero-order valence-electron chi connectivity index (χ0n) is 17.8. The molecule has 0 saturated heterocycles. The van der Waals surface area contributed by atoms with Gasteiger partial charge in [-0.15, -0.1) is 0 Å². The molecule has 172 valence electrons. The van der Waals surface area contributed by atoms with Crippen molar-refractivity contribution in [3.63, 3.8) is 0 Å². The molecule has 0 fully saturated rings. The molecule has 3 aromatic carbocycles. The number of benzene rings is 3. The van der Waals surface area contributed by atoms with Crippen LogP contribution in [0.5, 0.6) is 11.5 Å². The molecule has 9 heteroatoms. The SMILES string of the molecule is COc1ccccc1NC(=O)C(C)Oc1ccc(C(=O)Nc2cccc(C(F)(F)F)c2)cc1. The summed E-state index contributed by atoms with van der Waals surface area (Å²) >= 11 is 0. The first-order valence-electron chi connectivity index (χ1n) is 9.86. The van der Waals surface area contributed by atoms with Gasteiger partial charge < -0.3 is 20.1 Å². The Bertz CT molecular complexity index is 1130. The Hall–Kier alpha value is -4.01. The zero-order valence-corrected chi connectivity index (χ0v) is 17.8. The van der Waals surface area contributed by atoms with Gasteiger partial charge in [0.2, 0.25) is 0 Å². The number of nitrogens with one attached hydrogen (secondary N) is 2. The van der Waals surface area contributed by atoms with Crippen LogP contribution in [0.25, 0.3) is 0 Å². The second-order valence-corrected chi connectivity index (χ2v) is 7.01. The Morgan fingerprint density at radius 3 is 2.27 bits per heavy atom. The average molecular weight is 458 g/mol. The lowest BCUT2D eigenvalue weighted by Crippen LogP contribution is -2.30. The van der Waals surface area contributed by atoms with Gasteiger partial charge in [-0.3, -0.25) is 9.59 Å². The molecule has 0 radical (unpaired) electrons. The molecular formula is C24H21F3N2O4. The van der Waals surface area contributed by atoms with Crippen molar-refractivity contribution >= 4 is 23.2 Å². The van der Waals surface area contributed by atoms with E-state index in [-0.39, 0.29) is 11.3 Å². The number of anilines is 2. The van der Waals surface area contributed by atoms with Crippen molar-refractivity contribution in [1.82, 2.24) is 0 Å². The molecule has 1 atom stereocenters. The van der Waals surface area contributed by atoms with E-state index in [0.717, 1.165) is 12.1 Å². The molecule has 3 rings (SSSR count). The molecule has 0 heterocycles. The topological polar surface area (TPSA) is 76.7 Å². The normalized spacial score (nSPS) is 11.9. The smallest absolute Gasteiger partial charge is 0.416 e. The zero-order chi connectivity index (χ0) is 24.0. The number of amides is 2. The van der Waals surface area contributed by atoms with Gasteiger partial charge in [-0.2, -0.15) is 13.2 Å². The van der Waals surface area contributed by atoms with E-state index >= 15 is 0 Å². The maximum absolute atomic E-state index is 12.8. The molecule has 6 nitrogen and oxygen atoms in total. The number of hydrogen-bond donors (Lipinski definition) is 2. The first-order chi connectivity index (χ1) is 15.7. The minimum Gasteiger partial charge on any atom is -0.495 e. The summed E-state index contributed by atoms with van der Waals surface area (Å²) in [5.41, 5.74) is -0.117. The van der Waals surface area contributed by atoms with E-state index in [1.165, 1.54) is 43.5 Å². The fourth-order valence-electron chi connectivity index (χ4n) is 2.90. The molecule has 3 aromatic rings. The van der Waals surface area contributed by atoms with Gasteiger partial charge in [0.25, 0.3) is 11.8 Å². The minimum atomic E-state index is -4.51. The fourth-order valence-corrected chi connectivity index (χ4v) is 2.90. The summed E-state index contributed by atoms with van der Waals surface area (Å²) < 4.78 is 49.3. The lowest BCUT2D eigenvalue weighted by Gasteiger charge is -2.16. The molecule has 1 unspecified atom stereocenters. The van der Waals surface area contributed by atoms with E-state index in [9.17, 15) is 22.8 Å². The average Bonchev–Trinajstić information content (AvgIpc) is 2.79. The summed E-state index contributed by atoms with van der Waals surface area (Å²) in [5, 5.41) is 5.15. The van der Waals surface area contributed by atoms with Crippen molar-refractivity contribution in [2.24, 2.45) is 0 Å². The van der Waals surface area contributed by atoms with Crippen LogP contribution < -0.4 is 20.1 Å². The third kappa shape index (κ3) is 6.25. The van der Waals surface area contributed by atoms with Gasteiger partial charge in [-0.1, -0.05) is 18.2 Å². The van der Waals surface area contributed by atoms with Gasteiger partial charge in [0.1, 0.15) is 11.5 Å². The van der Waals surface area contributed by atoms with Crippen LogP contribution in [0, 0.1) is 0 Å². The van der Waals surface area contributed by atoms with Crippen LogP contribution in [0.15, 0.2) is 72.8 Å². The Kier molecular flexibility index (Phi) is 7.22. The lowest BCUT2D eigenvalue weighted by atomic mass is 10.1. The Balaban J connectivity index is 1.60. The van der Waals surface area contributed by atoms with Crippen LogP contribution >= 0.6 is 0 Å². The molecule has 0 bridgehead atoms. The Morgan fingerprint density at radius 1 is 0.909 bits per heavy atom. The van der Waals surface area contributed by atoms with Crippen LogP contribution in [-0.2, 0) is 11.0 Å². The summed E-state index contributed by atoms with van der Waals surface area (Å²) in [4.78, 5) is 24.8. The molecule has 0 saturated carbocycles. The van der Waals surface area contributed by atoms with Crippen LogP contribution in [0.4, 0.5) is 24.5 Å². The second kappa shape index (κ2) is 10.1. The summed E-state index contributed by atoms with van der Waals surface area (Å²) in [6.07, 6.45) is -5.35. The number of methoxy groups -OCH3 is 1. The van der Waals surface area contributed by atoms with Crippen molar-refractivity contribution < 1.29 is 32.2 Å². The van der Waals surface area contributed by atoms with Gasteiger partial charge in [-0.05, 0) is 61.5 Å². The monoisotopic (exact) mass is 458 g/mol. The molecule has 0 aliphatic carbocycles. The molecule has 0 aliphatic rings. The number of halogens is 3. The van der Waals surface area contributed by atoms with Gasteiger partial charge >= 0.3 is 6.18 Å². The number of rotatable bonds is 7. The van der Waals surface area contributed by atoms with Crippen LogP contribution in [0.1, 0.15) is 22.8 Å². The van der Waals surface area contributed by atoms with Gasteiger partial charge in [0, 0.05) is 11.3 Å². The molecule has 0 aliphatic heterocycles. The van der Waals surface area contributed by atoms with E-state index in [2.05, 4.69) is 10.6 Å². The third-order valence-electron chi connectivity index (χ3n) is 4.61. The highest BCUT2D eigenvalue weighted by Crippen LogP contribution is 2.31. The van der Waals surface area contributed by atoms with E-state index in [1.807, 2.05) is 0 Å². The lowest BCUT2D eigenvalue weighted by molar-refractivity contribution is -0.137. The number of carbonyl (C=O) groups is 2. The minimum absolute atomic E-state index is 0.0248. The highest BCUT2D eigenvalue weighted by molar-refractivity contribution is 6.04. The predicted octanol–water partition coefficient (Wildman–Crippen LogP) is 5.37. The number of ether oxygens (including phenoxy) is 2. The number of hydrogen-bond acceptors (Lipinski definition) is 4. The molecule has 2 N–H and O–H groups in total. The van der Waals surface area contributed by atoms with E-state index in [0.29, 0.717) is 17.2 Å². The molecule has 0 spiro atoms. The third-order valence-corrected chi connectivity index (χ3v) is 4.61. The summed E-state index contributed by atoms with van der Waals surface area (Å²) in [6, 6.07) is 17.2. The van der Waals surface area contributed by atoms with Crippen molar-refractivity contribution in [2.45, 2.75) is 19.2 Å². The maximum atomic E-state index is 12.8. The number of para-hydroxylation sites is 2. The molecular weight excluding hydrogens is 437 g/mol. The highest BCUT2D eigenvalue weighted by atomic mass is 19.4. The first-order valence-corrected chi connectivity index (χ1v) is 9.86. The van der Waals surface area contributed by atoms with Gasteiger partial charge in [0.15, 0.2) is 6.10 Å². The van der Waals surface area contributed by atoms with Crippen molar-refractivity contribution in [3.05, 3.63) is 83.9 Å². The quantitative estimate of drug-likeness (QED) is 0.499. The predicted molar refractivity (Wildman–Crippen MR) is 118 cm³/mol. The van der Waals surface area contributed by atoms with E-state index in [4.69, 9.17) is 9.47 Å². The van der Waals surface area contributed by atoms with Crippen molar-refractivity contribution in [1.29, 1.82) is 0 Å². The summed E-state index contributed by atoms with van der Waals surface area (Å²) in [7, 11) is 1.50. The molecule has 2 amide bonds. The second-order valence-electron chi connectivity index (χ2n) is 7.01. The standard InChI is InChI=1S/C24H21F3N2O4/c1-15(22(30)29-20-8-3-4-9-21(20)32-2)33-19-12-10-16(11-13-19)23(31)28-18-7-5-6-17(14-18)24(25,26)27/h3-15H,1-2H3,(H,28,31)(H,29,30). The van der Waals surface area contributed by atoms with Gasteiger partial charge in [-0.25, -0.2) is 0 Å². The molecule has 0 aromatic heterocycles. The largest absolute Gasteiger partial charge is 0.495 e. The summed E-state index contributed by atoms with van der Waals surface area (Å²) in [6.45, 7) is 1.57. The first kappa shape index (κ1) is 23.6. The van der Waals surface area contributed by atoms with Crippen molar-refractivity contribution in [2.75, 3.05) is 17.7 Å². The van der Waals surface area contributed by atoms with Gasteiger partial charge in [0.05, 0.1) is 18.4 Å². The van der Waals surface area contributed by atoms with E-state index in [1.54, 1.807) is 31.2 Å². The fraction of sp³-hybridized carbons (Fsp3) is 0.167. The maximum Gasteiger partial charge on any atom is 0.416 e. The molecule has 33 heavy (non-hydrogen) atoms. The van der Waals surface area contributed by atoms with Crippen LogP contribution in [0.2, 0.25) is 0 Å². The highest BCUT2D eigenvalue weighted by Gasteiger charge is 2.30.